The standard InChI is InChI=1S/C33H21BrO2/c1-18-8-6-14-24-28(18)31-26(35-24)16-17-27-32(31)30-23(13-7-15-25(30)36-27)29-19-9-2-4-11-21(19)33(34)22-12-5-3-10-20(22)29/h2-7,9-18H,8H2,1H3. The molecule has 8 rings (SSSR count). The van der Waals surface area contributed by atoms with Crippen molar-refractivity contribution in [2.75, 3.05) is 0 Å². The van der Waals surface area contributed by atoms with Gasteiger partial charge in [0, 0.05) is 26.2 Å². The van der Waals surface area contributed by atoms with Crippen molar-refractivity contribution in [3.8, 4) is 11.1 Å². The van der Waals surface area contributed by atoms with Crippen LogP contribution < -0.4 is 0 Å². The maximum atomic E-state index is 6.50. The molecule has 2 aromatic heterocycles. The minimum Gasteiger partial charge on any atom is -0.456 e. The Morgan fingerprint density at radius 3 is 2.03 bits per heavy atom. The Kier molecular flexibility index (Phi) is 4.16. The number of rotatable bonds is 1. The van der Waals surface area contributed by atoms with Crippen LogP contribution in [0.4, 0.5) is 0 Å². The molecule has 1 aliphatic rings. The zero-order valence-corrected chi connectivity index (χ0v) is 21.2. The first-order chi connectivity index (χ1) is 17.7. The third-order valence-corrected chi connectivity index (χ3v) is 8.62. The molecule has 0 saturated heterocycles. The van der Waals surface area contributed by atoms with E-state index in [1.807, 2.05) is 0 Å². The van der Waals surface area contributed by atoms with Crippen LogP contribution in [-0.2, 0) is 0 Å². The molecule has 0 saturated carbocycles. The Labute approximate surface area is 215 Å². The van der Waals surface area contributed by atoms with Crippen molar-refractivity contribution in [2.24, 2.45) is 0 Å². The fourth-order valence-electron chi connectivity index (χ4n) is 6.22. The minimum atomic E-state index is 0.392. The summed E-state index contributed by atoms with van der Waals surface area (Å²) < 4.78 is 14.0. The highest BCUT2D eigenvalue weighted by Gasteiger charge is 2.26. The second-order valence-electron chi connectivity index (χ2n) is 9.79. The van der Waals surface area contributed by atoms with Crippen molar-refractivity contribution in [1.29, 1.82) is 0 Å². The third kappa shape index (κ3) is 2.61. The Morgan fingerprint density at radius 2 is 1.31 bits per heavy atom. The van der Waals surface area contributed by atoms with Gasteiger partial charge in [0.05, 0.1) is 0 Å². The average Bonchev–Trinajstić information content (AvgIpc) is 3.48. The third-order valence-electron chi connectivity index (χ3n) is 7.77. The van der Waals surface area contributed by atoms with Crippen molar-refractivity contribution in [3.63, 3.8) is 0 Å². The van der Waals surface area contributed by atoms with Gasteiger partial charge in [-0.3, -0.25) is 0 Å². The summed E-state index contributed by atoms with van der Waals surface area (Å²) in [6, 6.07) is 27.9. The lowest BCUT2D eigenvalue weighted by molar-refractivity contribution is 0.586. The van der Waals surface area contributed by atoms with Crippen molar-refractivity contribution in [1.82, 2.24) is 0 Å². The van der Waals surface area contributed by atoms with Crippen LogP contribution in [0.25, 0.3) is 71.7 Å². The quantitative estimate of drug-likeness (QED) is 0.198. The van der Waals surface area contributed by atoms with Gasteiger partial charge in [-0.15, -0.1) is 0 Å². The van der Waals surface area contributed by atoms with E-state index < -0.39 is 0 Å². The van der Waals surface area contributed by atoms with Gasteiger partial charge in [0.15, 0.2) is 0 Å². The molecule has 0 bridgehead atoms. The number of halogens is 1. The second kappa shape index (κ2) is 7.35. The maximum absolute atomic E-state index is 6.50. The Hall–Kier alpha value is -3.82. The predicted octanol–water partition coefficient (Wildman–Crippen LogP) is 10.6. The number of fused-ring (bicyclic) bond motifs is 9. The van der Waals surface area contributed by atoms with Gasteiger partial charge in [-0.2, -0.15) is 0 Å². The van der Waals surface area contributed by atoms with Crippen molar-refractivity contribution >= 4 is 76.5 Å². The molecule has 0 aliphatic heterocycles. The van der Waals surface area contributed by atoms with Gasteiger partial charge in [-0.1, -0.05) is 73.7 Å². The molecule has 172 valence electrons. The molecule has 0 N–H and O–H groups in total. The van der Waals surface area contributed by atoms with Crippen LogP contribution in [0, 0.1) is 0 Å². The molecular formula is C33H21BrO2. The molecule has 2 nitrogen and oxygen atoms in total. The Balaban J connectivity index is 1.62. The van der Waals surface area contributed by atoms with Crippen molar-refractivity contribution in [2.45, 2.75) is 19.3 Å². The maximum Gasteiger partial charge on any atom is 0.136 e. The van der Waals surface area contributed by atoms with Gasteiger partial charge in [0.2, 0.25) is 0 Å². The molecule has 0 fully saturated rings. The summed E-state index contributed by atoms with van der Waals surface area (Å²) in [6.45, 7) is 2.29. The normalized spacial score (nSPS) is 15.6. The van der Waals surface area contributed by atoms with E-state index in [0.29, 0.717) is 5.92 Å². The van der Waals surface area contributed by atoms with Crippen LogP contribution >= 0.6 is 15.9 Å². The summed E-state index contributed by atoms with van der Waals surface area (Å²) in [6.07, 6.45) is 5.36. The summed E-state index contributed by atoms with van der Waals surface area (Å²) in [4.78, 5) is 0. The molecule has 2 heterocycles. The molecule has 7 aromatic rings. The monoisotopic (exact) mass is 528 g/mol. The molecule has 0 spiro atoms. The number of hydrogen-bond acceptors (Lipinski definition) is 2. The second-order valence-corrected chi connectivity index (χ2v) is 10.6. The summed E-state index contributed by atoms with van der Waals surface area (Å²) in [7, 11) is 0. The molecule has 36 heavy (non-hydrogen) atoms. The molecular weight excluding hydrogens is 508 g/mol. The predicted molar refractivity (Wildman–Crippen MR) is 154 cm³/mol. The lowest BCUT2D eigenvalue weighted by atomic mass is 9.87. The molecule has 1 unspecified atom stereocenters. The molecule has 1 aliphatic carbocycles. The molecule has 0 radical (unpaired) electrons. The largest absolute Gasteiger partial charge is 0.456 e. The summed E-state index contributed by atoms with van der Waals surface area (Å²) >= 11 is 3.91. The topological polar surface area (TPSA) is 26.3 Å². The summed E-state index contributed by atoms with van der Waals surface area (Å²) in [5, 5.41) is 8.37. The van der Waals surface area contributed by atoms with Crippen LogP contribution in [0.5, 0.6) is 0 Å². The first-order valence-electron chi connectivity index (χ1n) is 12.4. The minimum absolute atomic E-state index is 0.392. The first-order valence-corrected chi connectivity index (χ1v) is 13.2. The van der Waals surface area contributed by atoms with Gasteiger partial charge >= 0.3 is 0 Å². The SMILES string of the molecule is CC1CC=Cc2oc3ccc4oc5cccc(-c6c7ccccc7c(Br)c7ccccc67)c5c4c3c21. The van der Waals surface area contributed by atoms with Gasteiger partial charge < -0.3 is 8.83 Å². The summed E-state index contributed by atoms with van der Waals surface area (Å²) in [5.74, 6) is 1.37. The highest BCUT2D eigenvalue weighted by molar-refractivity contribution is 9.10. The van der Waals surface area contributed by atoms with E-state index >= 15 is 0 Å². The van der Waals surface area contributed by atoms with E-state index in [9.17, 15) is 0 Å². The molecule has 1 atom stereocenters. The van der Waals surface area contributed by atoms with E-state index in [0.717, 1.165) is 44.2 Å². The number of hydrogen-bond donors (Lipinski definition) is 0. The smallest absolute Gasteiger partial charge is 0.136 e. The lowest BCUT2D eigenvalue weighted by Crippen LogP contribution is -1.96. The number of benzene rings is 5. The van der Waals surface area contributed by atoms with Gasteiger partial charge in [0.25, 0.3) is 0 Å². The Bertz CT molecular complexity index is 2000. The van der Waals surface area contributed by atoms with E-state index in [1.54, 1.807) is 0 Å². The average molecular weight is 529 g/mol. The number of furan rings is 2. The van der Waals surface area contributed by atoms with E-state index in [1.165, 1.54) is 43.6 Å². The molecule has 3 heteroatoms. The zero-order valence-electron chi connectivity index (χ0n) is 19.6. The van der Waals surface area contributed by atoms with E-state index in [4.69, 9.17) is 8.83 Å². The van der Waals surface area contributed by atoms with Crippen molar-refractivity contribution in [3.05, 3.63) is 101 Å². The van der Waals surface area contributed by atoms with Crippen molar-refractivity contribution < 1.29 is 8.83 Å². The van der Waals surface area contributed by atoms with Gasteiger partial charge in [-0.25, -0.2) is 0 Å². The highest BCUT2D eigenvalue weighted by Crippen LogP contribution is 2.49. The van der Waals surface area contributed by atoms with Crippen LogP contribution in [-0.4, -0.2) is 0 Å². The fraction of sp³-hybridized carbons (Fsp3) is 0.0909. The van der Waals surface area contributed by atoms with Crippen LogP contribution in [0.3, 0.4) is 0 Å². The molecule has 0 amide bonds. The van der Waals surface area contributed by atoms with Crippen LogP contribution in [0.1, 0.15) is 30.6 Å². The van der Waals surface area contributed by atoms with Crippen LogP contribution in [0.15, 0.2) is 98.2 Å². The van der Waals surface area contributed by atoms with E-state index in [2.05, 4.69) is 114 Å². The van der Waals surface area contributed by atoms with Crippen LogP contribution in [0.2, 0.25) is 0 Å². The van der Waals surface area contributed by atoms with Gasteiger partial charge in [0.1, 0.15) is 22.5 Å². The number of allylic oxidation sites excluding steroid dienone is 1. The highest BCUT2D eigenvalue weighted by atomic mass is 79.9. The zero-order chi connectivity index (χ0) is 24.0. The Morgan fingerprint density at radius 1 is 0.667 bits per heavy atom. The molecule has 5 aromatic carbocycles. The van der Waals surface area contributed by atoms with Gasteiger partial charge in [-0.05, 0) is 85.2 Å². The van der Waals surface area contributed by atoms with E-state index in [-0.39, 0.29) is 0 Å². The lowest BCUT2D eigenvalue weighted by Gasteiger charge is -2.16. The fourth-order valence-corrected chi connectivity index (χ4v) is 6.91. The first kappa shape index (κ1) is 20.4. The summed E-state index contributed by atoms with van der Waals surface area (Å²) in [5.41, 5.74) is 6.45.